The van der Waals surface area contributed by atoms with Crippen molar-refractivity contribution >= 4 is 6.09 Å². The van der Waals surface area contributed by atoms with Gasteiger partial charge < -0.3 is 18.8 Å². The Morgan fingerprint density at radius 2 is 2.24 bits per heavy atom. The van der Waals surface area contributed by atoms with E-state index in [0.717, 1.165) is 25.1 Å². The van der Waals surface area contributed by atoms with Crippen LogP contribution in [0, 0.1) is 0 Å². The Hall–Kier alpha value is -1.49. The lowest BCUT2D eigenvalue weighted by atomic mass is 10.1. The van der Waals surface area contributed by atoms with Gasteiger partial charge in [-0.1, -0.05) is 0 Å². The summed E-state index contributed by atoms with van der Waals surface area (Å²) in [6, 6.07) is 3.75. The maximum atomic E-state index is 12.1. The van der Waals surface area contributed by atoms with Gasteiger partial charge in [0.25, 0.3) is 0 Å². The predicted octanol–water partition coefficient (Wildman–Crippen LogP) is 3.76. The van der Waals surface area contributed by atoms with Crippen molar-refractivity contribution in [1.82, 2.24) is 4.90 Å². The first-order chi connectivity index (χ1) is 9.85. The van der Waals surface area contributed by atoms with Crippen LogP contribution in [0.2, 0.25) is 0 Å². The first-order valence-electron chi connectivity index (χ1n) is 7.52. The second kappa shape index (κ2) is 6.52. The highest BCUT2D eigenvalue weighted by Crippen LogP contribution is 2.24. The zero-order chi connectivity index (χ0) is 15.5. The zero-order valence-corrected chi connectivity index (χ0v) is 13.3. The fraction of sp³-hybridized carbons (Fsp3) is 0.688. The number of hydrogen-bond acceptors (Lipinski definition) is 4. The predicted molar refractivity (Wildman–Crippen MR) is 79.0 cm³/mol. The molecule has 1 aromatic heterocycles. The third kappa shape index (κ3) is 4.77. The number of ether oxygens (including phenoxy) is 2. The molecule has 2 heterocycles. The Bertz CT molecular complexity index is 449. The highest BCUT2D eigenvalue weighted by atomic mass is 16.6. The number of hydrogen-bond donors (Lipinski definition) is 0. The first-order valence-corrected chi connectivity index (χ1v) is 7.52. The number of carbonyl (C=O) groups is 1. The lowest BCUT2D eigenvalue weighted by Gasteiger charge is -2.34. The fourth-order valence-electron chi connectivity index (χ4n) is 2.42. The van der Waals surface area contributed by atoms with E-state index < -0.39 is 5.60 Å². The molecular weight excluding hydrogens is 270 g/mol. The molecule has 1 amide bonds. The quantitative estimate of drug-likeness (QED) is 0.852. The highest BCUT2D eigenvalue weighted by Gasteiger charge is 2.29. The maximum absolute atomic E-state index is 12.1. The SMILES string of the molecule is C[C@@H](O[C@@H]1CCCN(C(=O)OC(C)(C)C)C1)c1ccco1. The van der Waals surface area contributed by atoms with Gasteiger partial charge in [-0.05, 0) is 52.7 Å². The van der Waals surface area contributed by atoms with Gasteiger partial charge in [-0.2, -0.15) is 0 Å². The van der Waals surface area contributed by atoms with Gasteiger partial charge in [0, 0.05) is 6.54 Å². The van der Waals surface area contributed by atoms with E-state index in [0.29, 0.717) is 6.54 Å². The summed E-state index contributed by atoms with van der Waals surface area (Å²) in [6.07, 6.45) is 3.17. The Kier molecular flexibility index (Phi) is 4.93. The second-order valence-electron chi connectivity index (χ2n) is 6.48. The van der Waals surface area contributed by atoms with Crippen molar-refractivity contribution in [3.63, 3.8) is 0 Å². The Morgan fingerprint density at radius 3 is 2.86 bits per heavy atom. The van der Waals surface area contributed by atoms with E-state index in [1.54, 1.807) is 11.2 Å². The van der Waals surface area contributed by atoms with E-state index in [-0.39, 0.29) is 18.3 Å². The van der Waals surface area contributed by atoms with Crippen molar-refractivity contribution in [3.05, 3.63) is 24.2 Å². The van der Waals surface area contributed by atoms with E-state index in [9.17, 15) is 4.79 Å². The average molecular weight is 295 g/mol. The van der Waals surface area contributed by atoms with Gasteiger partial charge in [-0.3, -0.25) is 0 Å². The van der Waals surface area contributed by atoms with Crippen LogP contribution in [0.4, 0.5) is 4.79 Å². The first kappa shape index (κ1) is 15.9. The molecule has 1 saturated heterocycles. The maximum Gasteiger partial charge on any atom is 0.410 e. The highest BCUT2D eigenvalue weighted by molar-refractivity contribution is 5.68. The molecule has 1 fully saturated rings. The zero-order valence-electron chi connectivity index (χ0n) is 13.3. The Morgan fingerprint density at radius 1 is 1.48 bits per heavy atom. The molecule has 118 valence electrons. The van der Waals surface area contributed by atoms with Crippen LogP contribution in [0.1, 0.15) is 52.4 Å². The molecule has 0 aromatic carbocycles. The van der Waals surface area contributed by atoms with E-state index in [4.69, 9.17) is 13.9 Å². The van der Waals surface area contributed by atoms with Crippen LogP contribution in [-0.4, -0.2) is 35.8 Å². The number of carbonyl (C=O) groups excluding carboxylic acids is 1. The summed E-state index contributed by atoms with van der Waals surface area (Å²) < 4.78 is 16.8. The van der Waals surface area contributed by atoms with Crippen LogP contribution in [0.15, 0.2) is 22.8 Å². The molecule has 2 rings (SSSR count). The molecule has 1 aliphatic rings. The number of rotatable bonds is 3. The summed E-state index contributed by atoms with van der Waals surface area (Å²) in [6.45, 7) is 8.89. The topological polar surface area (TPSA) is 51.9 Å². The Labute approximate surface area is 126 Å². The van der Waals surface area contributed by atoms with E-state index in [2.05, 4.69) is 0 Å². The minimum atomic E-state index is -0.466. The third-order valence-corrected chi connectivity index (χ3v) is 3.37. The minimum Gasteiger partial charge on any atom is -0.467 e. The summed E-state index contributed by atoms with van der Waals surface area (Å²) in [4.78, 5) is 13.8. The molecule has 0 radical (unpaired) electrons. The third-order valence-electron chi connectivity index (χ3n) is 3.37. The molecule has 0 spiro atoms. The van der Waals surface area contributed by atoms with Gasteiger partial charge in [-0.15, -0.1) is 0 Å². The van der Waals surface area contributed by atoms with Crippen LogP contribution in [-0.2, 0) is 9.47 Å². The molecule has 1 aliphatic heterocycles. The normalized spacial score (nSPS) is 21.1. The van der Waals surface area contributed by atoms with Gasteiger partial charge in [0.05, 0.1) is 18.9 Å². The van der Waals surface area contributed by atoms with Crippen LogP contribution in [0.3, 0.4) is 0 Å². The number of furan rings is 1. The average Bonchev–Trinajstić information content (AvgIpc) is 2.91. The van der Waals surface area contributed by atoms with Crippen LogP contribution >= 0.6 is 0 Å². The van der Waals surface area contributed by atoms with E-state index in [1.165, 1.54) is 0 Å². The standard InChI is InChI=1S/C16H25NO4/c1-12(14-8-6-10-19-14)20-13-7-5-9-17(11-13)15(18)21-16(2,3)4/h6,8,10,12-13H,5,7,9,11H2,1-4H3/t12-,13-/m1/s1. The summed E-state index contributed by atoms with van der Waals surface area (Å²) in [5, 5.41) is 0. The number of piperidine rings is 1. The summed E-state index contributed by atoms with van der Waals surface area (Å²) in [5.74, 6) is 0.810. The molecule has 0 aliphatic carbocycles. The van der Waals surface area contributed by atoms with E-state index >= 15 is 0 Å². The number of likely N-dealkylation sites (tertiary alicyclic amines) is 1. The van der Waals surface area contributed by atoms with Crippen LogP contribution in [0.25, 0.3) is 0 Å². The van der Waals surface area contributed by atoms with Gasteiger partial charge >= 0.3 is 6.09 Å². The van der Waals surface area contributed by atoms with Gasteiger partial charge in [0.1, 0.15) is 17.5 Å². The summed E-state index contributed by atoms with van der Waals surface area (Å²) >= 11 is 0. The summed E-state index contributed by atoms with van der Waals surface area (Å²) in [7, 11) is 0. The molecule has 0 saturated carbocycles. The van der Waals surface area contributed by atoms with E-state index in [1.807, 2.05) is 39.8 Å². The van der Waals surface area contributed by atoms with Gasteiger partial charge in [0.2, 0.25) is 0 Å². The van der Waals surface area contributed by atoms with Crippen molar-refractivity contribution in [2.45, 2.75) is 58.3 Å². The van der Waals surface area contributed by atoms with Crippen molar-refractivity contribution in [1.29, 1.82) is 0 Å². The molecule has 1 aromatic rings. The number of nitrogens with zero attached hydrogens (tertiary/aromatic N) is 1. The second-order valence-corrected chi connectivity index (χ2v) is 6.48. The van der Waals surface area contributed by atoms with Crippen molar-refractivity contribution in [3.8, 4) is 0 Å². The number of amides is 1. The molecule has 0 bridgehead atoms. The molecule has 0 N–H and O–H groups in total. The largest absolute Gasteiger partial charge is 0.467 e. The van der Waals surface area contributed by atoms with Gasteiger partial charge in [-0.25, -0.2) is 4.79 Å². The Balaban J connectivity index is 1.87. The lowest BCUT2D eigenvalue weighted by molar-refractivity contribution is -0.0544. The lowest BCUT2D eigenvalue weighted by Crippen LogP contribution is -2.45. The minimum absolute atomic E-state index is 0.0198. The molecule has 2 atom stereocenters. The molecule has 5 nitrogen and oxygen atoms in total. The fourth-order valence-corrected chi connectivity index (χ4v) is 2.42. The van der Waals surface area contributed by atoms with Crippen LogP contribution in [0.5, 0.6) is 0 Å². The molecule has 5 heteroatoms. The molecule has 0 unspecified atom stereocenters. The van der Waals surface area contributed by atoms with Gasteiger partial charge in [0.15, 0.2) is 0 Å². The van der Waals surface area contributed by atoms with Crippen molar-refractivity contribution in [2.24, 2.45) is 0 Å². The smallest absolute Gasteiger partial charge is 0.410 e. The van der Waals surface area contributed by atoms with Crippen LogP contribution < -0.4 is 0 Å². The van der Waals surface area contributed by atoms with Crippen molar-refractivity contribution < 1.29 is 18.7 Å². The van der Waals surface area contributed by atoms with Crippen molar-refractivity contribution in [2.75, 3.05) is 13.1 Å². The monoisotopic (exact) mass is 295 g/mol. The molecule has 21 heavy (non-hydrogen) atoms. The molecular formula is C16H25NO4. The summed E-state index contributed by atoms with van der Waals surface area (Å²) in [5.41, 5.74) is -0.466.